The second kappa shape index (κ2) is 6.90. The lowest BCUT2D eigenvalue weighted by Gasteiger charge is -2.25. The van der Waals surface area contributed by atoms with E-state index in [9.17, 15) is 0 Å². The molecular formula is C16H21N3. The molecule has 0 unspecified atom stereocenters. The number of pyridine rings is 1. The largest absolute Gasteiger partial charge is 0.366 e. The molecule has 3 heteroatoms. The lowest BCUT2D eigenvalue weighted by atomic mass is 10.2. The summed E-state index contributed by atoms with van der Waals surface area (Å²) < 4.78 is 0. The van der Waals surface area contributed by atoms with E-state index in [0.717, 1.165) is 25.2 Å². The van der Waals surface area contributed by atoms with Gasteiger partial charge in [0.15, 0.2) is 0 Å². The van der Waals surface area contributed by atoms with Gasteiger partial charge in [0.2, 0.25) is 0 Å². The van der Waals surface area contributed by atoms with Crippen molar-refractivity contribution in [2.45, 2.75) is 19.9 Å². The van der Waals surface area contributed by atoms with E-state index in [1.165, 1.54) is 11.3 Å². The van der Waals surface area contributed by atoms with Crippen LogP contribution in [0.4, 0.5) is 5.69 Å². The molecule has 3 nitrogen and oxygen atoms in total. The van der Waals surface area contributed by atoms with Crippen LogP contribution in [0, 0.1) is 6.92 Å². The van der Waals surface area contributed by atoms with Crippen molar-refractivity contribution >= 4 is 5.69 Å². The van der Waals surface area contributed by atoms with Crippen LogP contribution in [0.3, 0.4) is 0 Å². The van der Waals surface area contributed by atoms with Crippen molar-refractivity contribution in [1.82, 2.24) is 4.98 Å². The van der Waals surface area contributed by atoms with Gasteiger partial charge in [0.1, 0.15) is 0 Å². The van der Waals surface area contributed by atoms with Crippen molar-refractivity contribution in [3.63, 3.8) is 0 Å². The average Bonchev–Trinajstić information content (AvgIpc) is 2.46. The van der Waals surface area contributed by atoms with E-state index in [1.54, 1.807) is 0 Å². The molecule has 0 fully saturated rings. The van der Waals surface area contributed by atoms with Crippen LogP contribution in [0.1, 0.15) is 17.7 Å². The van der Waals surface area contributed by atoms with Crippen molar-refractivity contribution in [1.29, 1.82) is 0 Å². The molecule has 1 aromatic heterocycles. The van der Waals surface area contributed by atoms with Gasteiger partial charge in [-0.3, -0.25) is 4.98 Å². The Labute approximate surface area is 115 Å². The maximum atomic E-state index is 5.64. The first-order valence-electron chi connectivity index (χ1n) is 6.72. The zero-order chi connectivity index (χ0) is 13.5. The molecule has 0 aliphatic rings. The van der Waals surface area contributed by atoms with E-state index in [4.69, 9.17) is 5.73 Å². The van der Waals surface area contributed by atoms with Gasteiger partial charge in [-0.1, -0.05) is 24.3 Å². The molecule has 0 spiro atoms. The summed E-state index contributed by atoms with van der Waals surface area (Å²) in [5.74, 6) is 0. The third-order valence-electron chi connectivity index (χ3n) is 3.21. The Balaban J connectivity index is 2.17. The normalized spacial score (nSPS) is 10.4. The molecule has 0 atom stereocenters. The van der Waals surface area contributed by atoms with Crippen LogP contribution in [0.2, 0.25) is 0 Å². The third-order valence-corrected chi connectivity index (χ3v) is 3.21. The first-order chi connectivity index (χ1) is 9.31. The molecule has 0 aliphatic heterocycles. The number of benzene rings is 1. The van der Waals surface area contributed by atoms with Gasteiger partial charge in [0.25, 0.3) is 0 Å². The van der Waals surface area contributed by atoms with Crippen LogP contribution < -0.4 is 10.6 Å². The summed E-state index contributed by atoms with van der Waals surface area (Å²) in [6.45, 7) is 4.60. The second-order valence-corrected chi connectivity index (χ2v) is 4.67. The fourth-order valence-corrected chi connectivity index (χ4v) is 2.09. The van der Waals surface area contributed by atoms with Crippen LogP contribution >= 0.6 is 0 Å². The van der Waals surface area contributed by atoms with Crippen molar-refractivity contribution < 1.29 is 0 Å². The molecular weight excluding hydrogens is 234 g/mol. The van der Waals surface area contributed by atoms with Gasteiger partial charge < -0.3 is 10.6 Å². The number of aromatic nitrogens is 1. The highest BCUT2D eigenvalue weighted by Gasteiger charge is 2.08. The molecule has 0 aliphatic carbocycles. The first-order valence-corrected chi connectivity index (χ1v) is 6.72. The topological polar surface area (TPSA) is 42.2 Å². The summed E-state index contributed by atoms with van der Waals surface area (Å²) >= 11 is 0. The molecule has 0 amide bonds. The molecule has 2 N–H and O–H groups in total. The smallest absolute Gasteiger partial charge is 0.0626 e. The Bertz CT molecular complexity index is 496. The Morgan fingerprint density at radius 3 is 2.58 bits per heavy atom. The predicted molar refractivity (Wildman–Crippen MR) is 80.1 cm³/mol. The maximum Gasteiger partial charge on any atom is 0.0626 e. The van der Waals surface area contributed by atoms with E-state index in [0.29, 0.717) is 6.54 Å². The highest BCUT2D eigenvalue weighted by atomic mass is 15.1. The van der Waals surface area contributed by atoms with Crippen molar-refractivity contribution in [2.75, 3.05) is 18.0 Å². The number of hydrogen-bond donors (Lipinski definition) is 1. The second-order valence-electron chi connectivity index (χ2n) is 4.67. The van der Waals surface area contributed by atoms with Crippen LogP contribution in [-0.2, 0) is 6.54 Å². The molecule has 0 saturated heterocycles. The minimum Gasteiger partial charge on any atom is -0.366 e. The molecule has 0 saturated carbocycles. The van der Waals surface area contributed by atoms with E-state index < -0.39 is 0 Å². The number of anilines is 1. The Morgan fingerprint density at radius 1 is 1.11 bits per heavy atom. The van der Waals surface area contributed by atoms with E-state index in [1.807, 2.05) is 18.3 Å². The van der Waals surface area contributed by atoms with Crippen LogP contribution in [0.25, 0.3) is 0 Å². The Morgan fingerprint density at radius 2 is 1.89 bits per heavy atom. The Hall–Kier alpha value is -1.87. The van der Waals surface area contributed by atoms with E-state index in [2.05, 4.69) is 47.1 Å². The Kier molecular flexibility index (Phi) is 4.93. The van der Waals surface area contributed by atoms with Gasteiger partial charge in [0, 0.05) is 18.4 Å². The third kappa shape index (κ3) is 3.80. The maximum absolute atomic E-state index is 5.64. The lowest BCUT2D eigenvalue weighted by molar-refractivity contribution is 0.723. The number of aryl methyl sites for hydroxylation is 1. The molecule has 1 aromatic carbocycles. The number of rotatable bonds is 6. The van der Waals surface area contributed by atoms with Crippen LogP contribution in [0.5, 0.6) is 0 Å². The molecule has 100 valence electrons. The van der Waals surface area contributed by atoms with Crippen molar-refractivity contribution in [3.05, 3.63) is 59.9 Å². The van der Waals surface area contributed by atoms with Crippen LogP contribution in [0.15, 0.2) is 48.7 Å². The number of hydrogen-bond acceptors (Lipinski definition) is 3. The molecule has 1 heterocycles. The summed E-state index contributed by atoms with van der Waals surface area (Å²) in [5.41, 5.74) is 9.22. The molecule has 2 aromatic rings. The van der Waals surface area contributed by atoms with Gasteiger partial charge >= 0.3 is 0 Å². The van der Waals surface area contributed by atoms with Gasteiger partial charge in [0.05, 0.1) is 12.2 Å². The molecule has 2 rings (SSSR count). The minimum atomic E-state index is 0.713. The number of nitrogens with two attached hydrogens (primary N) is 1. The minimum absolute atomic E-state index is 0.713. The highest BCUT2D eigenvalue weighted by Crippen LogP contribution is 2.17. The lowest BCUT2D eigenvalue weighted by Crippen LogP contribution is -2.26. The summed E-state index contributed by atoms with van der Waals surface area (Å²) in [7, 11) is 0. The molecule has 0 radical (unpaired) electrons. The summed E-state index contributed by atoms with van der Waals surface area (Å²) in [6, 6.07) is 14.5. The predicted octanol–water partition coefficient (Wildman–Crippen LogP) is 2.75. The summed E-state index contributed by atoms with van der Waals surface area (Å²) in [4.78, 5) is 6.81. The summed E-state index contributed by atoms with van der Waals surface area (Å²) in [6.07, 6.45) is 2.84. The fourth-order valence-electron chi connectivity index (χ4n) is 2.09. The van der Waals surface area contributed by atoms with Gasteiger partial charge in [-0.05, 0) is 43.7 Å². The van der Waals surface area contributed by atoms with Gasteiger partial charge in [-0.25, -0.2) is 0 Å². The van der Waals surface area contributed by atoms with Crippen molar-refractivity contribution in [3.8, 4) is 0 Å². The van der Waals surface area contributed by atoms with Gasteiger partial charge in [-0.15, -0.1) is 0 Å². The number of nitrogens with zero attached hydrogens (tertiary/aromatic N) is 2. The molecule has 19 heavy (non-hydrogen) atoms. The standard InChI is InChI=1S/C16H21N3/c1-14-7-5-11-18-16(14)13-19(12-6-10-17)15-8-3-2-4-9-15/h2-5,7-9,11H,6,10,12-13,17H2,1H3. The van der Waals surface area contributed by atoms with Crippen molar-refractivity contribution in [2.24, 2.45) is 5.73 Å². The first kappa shape index (κ1) is 13.6. The van der Waals surface area contributed by atoms with E-state index >= 15 is 0 Å². The zero-order valence-electron chi connectivity index (χ0n) is 11.4. The quantitative estimate of drug-likeness (QED) is 0.863. The summed E-state index contributed by atoms with van der Waals surface area (Å²) in [5, 5.41) is 0. The monoisotopic (exact) mass is 255 g/mol. The highest BCUT2D eigenvalue weighted by molar-refractivity contribution is 5.46. The van der Waals surface area contributed by atoms with Gasteiger partial charge in [-0.2, -0.15) is 0 Å². The molecule has 0 bridgehead atoms. The fraction of sp³-hybridized carbons (Fsp3) is 0.312. The number of para-hydroxylation sites is 1. The SMILES string of the molecule is Cc1cccnc1CN(CCCN)c1ccccc1. The average molecular weight is 255 g/mol. The van der Waals surface area contributed by atoms with E-state index in [-0.39, 0.29) is 0 Å². The van der Waals surface area contributed by atoms with Crippen LogP contribution in [-0.4, -0.2) is 18.1 Å². The zero-order valence-corrected chi connectivity index (χ0v) is 11.4.